The number of pyridine rings is 1. The van der Waals surface area contributed by atoms with Crippen molar-refractivity contribution in [1.29, 1.82) is 0 Å². The first-order valence-electron chi connectivity index (χ1n) is 15.3. The number of aliphatic hydroxyl groups excluding tert-OH is 1. The summed E-state index contributed by atoms with van der Waals surface area (Å²) in [6, 6.07) is 1.39. The van der Waals surface area contributed by atoms with Crippen LogP contribution in [-0.2, 0) is 25.5 Å². The fraction of sp³-hybridized carbons (Fsp3) is 0.742. The number of aliphatic hydroxyl groups is 1. The average molecular weight is 591 g/mol. The van der Waals surface area contributed by atoms with Crippen molar-refractivity contribution in [1.82, 2.24) is 15.2 Å². The Hall–Kier alpha value is -2.92. The molecule has 0 aromatic carbocycles. The standard InChI is InChI=1S/C31H50N4O7/c1-9-20-15-32-26(14-25(20)41-11-3)35(21-12-13-21)29(38)23-17-34(30(39)42-31(6,7)8)16-22(27(23)36)28(37)33-24(19(4)5)18-40-10-2/h14-15,19,21-24,27,36H,9-13,16-18H2,1-8H3,(H,33,37)/t22-,23+,24+,27-/m1/s1. The molecule has 0 bridgehead atoms. The number of aromatic nitrogens is 1. The van der Waals surface area contributed by atoms with Crippen LogP contribution in [0.25, 0.3) is 0 Å². The molecule has 11 nitrogen and oxygen atoms in total. The van der Waals surface area contributed by atoms with Crippen molar-refractivity contribution in [3.05, 3.63) is 17.8 Å². The number of hydrogen-bond acceptors (Lipinski definition) is 8. The highest BCUT2D eigenvalue weighted by molar-refractivity contribution is 5.97. The highest BCUT2D eigenvalue weighted by Gasteiger charge is 2.49. The molecule has 1 aromatic rings. The summed E-state index contributed by atoms with van der Waals surface area (Å²) in [5, 5.41) is 14.6. The molecule has 11 heteroatoms. The molecule has 1 saturated carbocycles. The molecule has 4 atom stereocenters. The van der Waals surface area contributed by atoms with Gasteiger partial charge in [-0.05, 0) is 59.8 Å². The van der Waals surface area contributed by atoms with E-state index in [4.69, 9.17) is 14.2 Å². The van der Waals surface area contributed by atoms with E-state index in [0.717, 1.165) is 24.8 Å². The van der Waals surface area contributed by atoms with E-state index in [2.05, 4.69) is 10.3 Å². The molecule has 236 valence electrons. The number of amides is 3. The third-order valence-electron chi connectivity index (χ3n) is 7.60. The van der Waals surface area contributed by atoms with Crippen LogP contribution in [0.2, 0.25) is 0 Å². The van der Waals surface area contributed by atoms with E-state index in [1.54, 1.807) is 37.9 Å². The first-order valence-corrected chi connectivity index (χ1v) is 15.3. The highest BCUT2D eigenvalue weighted by atomic mass is 16.6. The van der Waals surface area contributed by atoms with Gasteiger partial charge in [-0.3, -0.25) is 14.5 Å². The topological polar surface area (TPSA) is 131 Å². The van der Waals surface area contributed by atoms with Gasteiger partial charge < -0.3 is 29.5 Å². The maximum Gasteiger partial charge on any atom is 0.410 e. The second kappa shape index (κ2) is 14.5. The molecule has 1 aromatic heterocycles. The van der Waals surface area contributed by atoms with Gasteiger partial charge in [0.15, 0.2) is 0 Å². The molecule has 1 aliphatic heterocycles. The van der Waals surface area contributed by atoms with Crippen LogP contribution in [0.3, 0.4) is 0 Å². The Morgan fingerprint density at radius 2 is 1.79 bits per heavy atom. The van der Waals surface area contributed by atoms with Gasteiger partial charge in [0.1, 0.15) is 17.2 Å². The molecule has 3 amide bonds. The predicted molar refractivity (Wildman–Crippen MR) is 159 cm³/mol. The number of aryl methyl sites for hydroxylation is 1. The van der Waals surface area contributed by atoms with Crippen LogP contribution in [0.1, 0.15) is 73.8 Å². The van der Waals surface area contributed by atoms with Crippen molar-refractivity contribution in [2.45, 2.75) is 98.4 Å². The van der Waals surface area contributed by atoms with Gasteiger partial charge in [0.2, 0.25) is 11.8 Å². The van der Waals surface area contributed by atoms with Crippen molar-refractivity contribution in [2.75, 3.05) is 37.8 Å². The molecule has 2 heterocycles. The number of rotatable bonds is 12. The van der Waals surface area contributed by atoms with E-state index < -0.39 is 35.5 Å². The van der Waals surface area contributed by atoms with E-state index in [-0.39, 0.29) is 37.0 Å². The predicted octanol–water partition coefficient (Wildman–Crippen LogP) is 3.56. The number of likely N-dealkylation sites (tertiary alicyclic amines) is 1. The molecule has 2 N–H and O–H groups in total. The van der Waals surface area contributed by atoms with Gasteiger partial charge in [-0.15, -0.1) is 0 Å². The molecular formula is C31H50N4O7. The van der Waals surface area contributed by atoms with E-state index in [9.17, 15) is 19.5 Å². The summed E-state index contributed by atoms with van der Waals surface area (Å²) in [6.45, 7) is 16.1. The van der Waals surface area contributed by atoms with Crippen molar-refractivity contribution in [3.63, 3.8) is 0 Å². The highest BCUT2D eigenvalue weighted by Crippen LogP contribution is 2.36. The van der Waals surface area contributed by atoms with Crippen molar-refractivity contribution < 1.29 is 33.7 Å². The monoisotopic (exact) mass is 590 g/mol. The minimum absolute atomic E-state index is 0.0719. The Balaban J connectivity index is 1.95. The number of nitrogens with one attached hydrogen (secondary N) is 1. The molecule has 3 rings (SSSR count). The Morgan fingerprint density at radius 3 is 2.33 bits per heavy atom. The van der Waals surface area contributed by atoms with Crippen molar-refractivity contribution in [3.8, 4) is 5.75 Å². The largest absolute Gasteiger partial charge is 0.493 e. The first kappa shape index (κ1) is 33.6. The molecule has 1 aliphatic carbocycles. The quantitative estimate of drug-likeness (QED) is 0.378. The number of carbonyl (C=O) groups excluding carboxylic acids is 3. The van der Waals surface area contributed by atoms with Gasteiger partial charge in [-0.1, -0.05) is 20.8 Å². The zero-order valence-electron chi connectivity index (χ0n) is 26.5. The van der Waals surface area contributed by atoms with Gasteiger partial charge in [0.05, 0.1) is 37.2 Å². The lowest BCUT2D eigenvalue weighted by atomic mass is 9.84. The van der Waals surface area contributed by atoms with Crippen LogP contribution in [0, 0.1) is 17.8 Å². The lowest BCUT2D eigenvalue weighted by Gasteiger charge is -2.42. The molecule has 0 radical (unpaired) electrons. The lowest BCUT2D eigenvalue weighted by molar-refractivity contribution is -0.141. The van der Waals surface area contributed by atoms with E-state index in [0.29, 0.717) is 31.4 Å². The van der Waals surface area contributed by atoms with Crippen LogP contribution < -0.4 is 15.0 Å². The molecule has 0 spiro atoms. The second-order valence-corrected chi connectivity index (χ2v) is 12.5. The SMILES string of the molecule is CCOC[C@H](NC(=O)[C@@H]1CN(C(=O)OC(C)(C)C)C[C@H](C(=O)N(c2cc(OCC)c(CC)cn2)C2CC2)[C@@H]1O)C(C)C. The maximum absolute atomic E-state index is 14.3. The van der Waals surface area contributed by atoms with Gasteiger partial charge >= 0.3 is 6.09 Å². The third kappa shape index (κ3) is 8.56. The van der Waals surface area contributed by atoms with Crippen LogP contribution in [0.15, 0.2) is 12.3 Å². The Kier molecular flexibility index (Phi) is 11.6. The minimum atomic E-state index is -1.32. The Bertz CT molecular complexity index is 1090. The zero-order valence-corrected chi connectivity index (χ0v) is 26.5. The zero-order chi connectivity index (χ0) is 31.2. The number of piperidine rings is 1. The summed E-state index contributed by atoms with van der Waals surface area (Å²) in [4.78, 5) is 48.7. The molecular weight excluding hydrogens is 540 g/mol. The van der Waals surface area contributed by atoms with Gasteiger partial charge in [-0.25, -0.2) is 9.78 Å². The summed E-state index contributed by atoms with van der Waals surface area (Å²) in [6.07, 6.45) is 2.07. The summed E-state index contributed by atoms with van der Waals surface area (Å²) in [5.74, 6) is -1.76. The molecule has 1 saturated heterocycles. The number of carbonyl (C=O) groups is 3. The molecule has 0 unspecified atom stereocenters. The van der Waals surface area contributed by atoms with Crippen LogP contribution >= 0.6 is 0 Å². The van der Waals surface area contributed by atoms with Crippen molar-refractivity contribution in [2.24, 2.45) is 17.8 Å². The average Bonchev–Trinajstić information content (AvgIpc) is 3.75. The van der Waals surface area contributed by atoms with E-state index >= 15 is 0 Å². The normalized spacial score (nSPS) is 21.6. The van der Waals surface area contributed by atoms with Gasteiger partial charge in [-0.2, -0.15) is 0 Å². The Labute approximate surface area is 250 Å². The second-order valence-electron chi connectivity index (χ2n) is 12.5. The number of hydrogen-bond donors (Lipinski definition) is 2. The summed E-state index contributed by atoms with van der Waals surface area (Å²) in [7, 11) is 0. The summed E-state index contributed by atoms with van der Waals surface area (Å²) in [5.41, 5.74) is 0.159. The van der Waals surface area contributed by atoms with Crippen LogP contribution in [0.4, 0.5) is 10.6 Å². The van der Waals surface area contributed by atoms with E-state index in [1.165, 1.54) is 4.90 Å². The number of nitrogens with zero attached hydrogens (tertiary/aromatic N) is 3. The maximum atomic E-state index is 14.3. The number of anilines is 1. The lowest BCUT2D eigenvalue weighted by Crippen LogP contribution is -2.61. The fourth-order valence-corrected chi connectivity index (χ4v) is 5.05. The van der Waals surface area contributed by atoms with Gasteiger partial charge in [0.25, 0.3) is 0 Å². The van der Waals surface area contributed by atoms with Crippen LogP contribution in [0.5, 0.6) is 5.75 Å². The first-order chi connectivity index (χ1) is 19.8. The smallest absolute Gasteiger partial charge is 0.410 e. The fourth-order valence-electron chi connectivity index (χ4n) is 5.05. The number of ether oxygens (including phenoxy) is 3. The summed E-state index contributed by atoms with van der Waals surface area (Å²) < 4.78 is 17.0. The van der Waals surface area contributed by atoms with E-state index in [1.807, 2.05) is 34.6 Å². The third-order valence-corrected chi connectivity index (χ3v) is 7.60. The molecule has 42 heavy (non-hydrogen) atoms. The summed E-state index contributed by atoms with van der Waals surface area (Å²) >= 11 is 0. The molecule has 2 fully saturated rings. The molecule has 2 aliphatic rings. The minimum Gasteiger partial charge on any atom is -0.493 e. The Morgan fingerprint density at radius 1 is 1.12 bits per heavy atom. The van der Waals surface area contributed by atoms with Crippen molar-refractivity contribution >= 4 is 23.7 Å². The van der Waals surface area contributed by atoms with Crippen LogP contribution in [-0.4, -0.2) is 89.6 Å². The van der Waals surface area contributed by atoms with Gasteiger partial charge in [0, 0.05) is 43.6 Å².